The van der Waals surface area contributed by atoms with Crippen molar-refractivity contribution in [1.29, 1.82) is 5.26 Å². The fourth-order valence-corrected chi connectivity index (χ4v) is 1.89. The molecule has 1 aromatic carbocycles. The molecule has 2 aromatic rings. The Morgan fingerprint density at radius 1 is 1.48 bits per heavy atom. The Labute approximate surface area is 123 Å². The van der Waals surface area contributed by atoms with Crippen LogP contribution in [0, 0.1) is 11.3 Å². The second-order valence-corrected chi connectivity index (χ2v) is 4.43. The van der Waals surface area contributed by atoms with Gasteiger partial charge in [0.2, 0.25) is 0 Å². The van der Waals surface area contributed by atoms with Gasteiger partial charge in [-0.2, -0.15) is 10.4 Å². The fourth-order valence-electron chi connectivity index (χ4n) is 1.89. The summed E-state index contributed by atoms with van der Waals surface area (Å²) in [6, 6.07) is 10.6. The van der Waals surface area contributed by atoms with Crippen LogP contribution >= 0.6 is 0 Å². The van der Waals surface area contributed by atoms with E-state index < -0.39 is 0 Å². The highest BCUT2D eigenvalue weighted by atomic mass is 16.5. The maximum absolute atomic E-state index is 12.2. The molecule has 1 aromatic heterocycles. The number of hydrogen-bond acceptors (Lipinski definition) is 4. The molecule has 0 spiro atoms. The maximum atomic E-state index is 12.2. The van der Waals surface area contributed by atoms with Crippen molar-refractivity contribution in [1.82, 2.24) is 9.78 Å². The number of ether oxygens (including phenoxy) is 1. The van der Waals surface area contributed by atoms with Gasteiger partial charge in [0, 0.05) is 18.8 Å². The number of benzene rings is 1. The minimum atomic E-state index is -0.234. The van der Waals surface area contributed by atoms with E-state index in [1.807, 2.05) is 13.0 Å². The molecule has 0 saturated carbocycles. The van der Waals surface area contributed by atoms with Crippen molar-refractivity contribution in [3.8, 4) is 11.8 Å². The van der Waals surface area contributed by atoms with Crippen LogP contribution < -0.4 is 10.1 Å². The third-order valence-electron chi connectivity index (χ3n) is 2.92. The summed E-state index contributed by atoms with van der Waals surface area (Å²) in [6.45, 7) is 1.96. The van der Waals surface area contributed by atoms with Crippen LogP contribution in [0.1, 0.15) is 23.1 Å². The van der Waals surface area contributed by atoms with Crippen LogP contribution in [0.2, 0.25) is 0 Å². The number of anilines is 1. The van der Waals surface area contributed by atoms with E-state index in [1.165, 1.54) is 0 Å². The van der Waals surface area contributed by atoms with E-state index in [0.29, 0.717) is 17.1 Å². The van der Waals surface area contributed by atoms with Gasteiger partial charge >= 0.3 is 0 Å². The first-order valence-electron chi connectivity index (χ1n) is 6.58. The monoisotopic (exact) mass is 284 g/mol. The zero-order valence-electron chi connectivity index (χ0n) is 12.0. The van der Waals surface area contributed by atoms with Gasteiger partial charge < -0.3 is 10.1 Å². The van der Waals surface area contributed by atoms with Crippen LogP contribution in [-0.4, -0.2) is 22.3 Å². The summed E-state index contributed by atoms with van der Waals surface area (Å²) in [4.78, 5) is 12.2. The van der Waals surface area contributed by atoms with E-state index in [1.54, 1.807) is 42.1 Å². The minimum Gasteiger partial charge on any atom is -0.479 e. The Balaban J connectivity index is 2.12. The van der Waals surface area contributed by atoms with Crippen LogP contribution in [0.3, 0.4) is 0 Å². The molecule has 0 atom stereocenters. The number of rotatable bonds is 5. The molecule has 0 aliphatic rings. The molecule has 0 fully saturated rings. The van der Waals surface area contributed by atoms with Crippen molar-refractivity contribution >= 4 is 11.6 Å². The van der Waals surface area contributed by atoms with E-state index in [4.69, 9.17) is 10.00 Å². The molecule has 6 nitrogen and oxygen atoms in total. The number of nitrogens with zero attached hydrogens (tertiary/aromatic N) is 3. The van der Waals surface area contributed by atoms with Crippen LogP contribution in [-0.2, 0) is 13.5 Å². The molecule has 21 heavy (non-hydrogen) atoms. The second-order valence-electron chi connectivity index (χ2n) is 4.43. The van der Waals surface area contributed by atoms with Gasteiger partial charge in [-0.05, 0) is 24.6 Å². The number of nitrogens with one attached hydrogen (secondary N) is 1. The highest BCUT2D eigenvalue weighted by Gasteiger charge is 2.13. The Bertz CT molecular complexity index is 685. The van der Waals surface area contributed by atoms with E-state index in [-0.39, 0.29) is 12.5 Å². The summed E-state index contributed by atoms with van der Waals surface area (Å²) in [5, 5.41) is 15.5. The zero-order valence-corrected chi connectivity index (χ0v) is 12.0. The lowest BCUT2D eigenvalue weighted by Crippen LogP contribution is -2.16. The highest BCUT2D eigenvalue weighted by Crippen LogP contribution is 2.18. The van der Waals surface area contributed by atoms with Gasteiger partial charge in [0.25, 0.3) is 5.91 Å². The normalized spacial score (nSPS) is 9.95. The molecule has 0 radical (unpaired) electrons. The highest BCUT2D eigenvalue weighted by molar-refractivity contribution is 6.03. The number of aromatic nitrogens is 2. The standard InChI is InChI=1S/C15H16N4O2/c1-3-11-10-14(19(2)18-11)15(20)17-12-5-4-6-13(9-12)21-8-7-16/h4-6,9-10H,3,8H2,1-2H3,(H,17,20). The van der Waals surface area contributed by atoms with Crippen LogP contribution in [0.15, 0.2) is 30.3 Å². The minimum absolute atomic E-state index is 0.0288. The average molecular weight is 284 g/mol. The maximum Gasteiger partial charge on any atom is 0.273 e. The lowest BCUT2D eigenvalue weighted by molar-refractivity contribution is 0.101. The Morgan fingerprint density at radius 2 is 2.29 bits per heavy atom. The van der Waals surface area contributed by atoms with E-state index in [9.17, 15) is 4.79 Å². The summed E-state index contributed by atoms with van der Waals surface area (Å²) < 4.78 is 6.76. The third-order valence-corrected chi connectivity index (χ3v) is 2.92. The van der Waals surface area contributed by atoms with Gasteiger partial charge in [-0.25, -0.2) is 0 Å². The van der Waals surface area contributed by atoms with Crippen molar-refractivity contribution in [2.75, 3.05) is 11.9 Å². The molecule has 0 bridgehead atoms. The second kappa shape index (κ2) is 6.57. The molecule has 0 saturated heterocycles. The number of amides is 1. The van der Waals surface area contributed by atoms with Gasteiger partial charge in [0.05, 0.1) is 5.69 Å². The molecular formula is C15H16N4O2. The van der Waals surface area contributed by atoms with Gasteiger partial charge in [0.15, 0.2) is 6.61 Å². The number of aryl methyl sites for hydroxylation is 2. The SMILES string of the molecule is CCc1cc(C(=O)Nc2cccc(OCC#N)c2)n(C)n1. The van der Waals surface area contributed by atoms with Gasteiger partial charge in [-0.1, -0.05) is 13.0 Å². The molecule has 0 unspecified atom stereocenters. The first-order chi connectivity index (χ1) is 10.1. The molecule has 1 heterocycles. The van der Waals surface area contributed by atoms with Gasteiger partial charge in [-0.15, -0.1) is 0 Å². The lowest BCUT2D eigenvalue weighted by atomic mass is 10.2. The van der Waals surface area contributed by atoms with Gasteiger partial charge in [-0.3, -0.25) is 9.48 Å². The quantitative estimate of drug-likeness (QED) is 0.912. The summed E-state index contributed by atoms with van der Waals surface area (Å²) in [5.74, 6) is 0.302. The number of nitriles is 1. The third kappa shape index (κ3) is 3.60. The van der Waals surface area contributed by atoms with Crippen molar-refractivity contribution in [2.45, 2.75) is 13.3 Å². The topological polar surface area (TPSA) is 79.9 Å². The van der Waals surface area contributed by atoms with Crippen molar-refractivity contribution in [3.05, 3.63) is 41.7 Å². The fraction of sp³-hybridized carbons (Fsp3) is 0.267. The van der Waals surface area contributed by atoms with Crippen LogP contribution in [0.25, 0.3) is 0 Å². The summed E-state index contributed by atoms with van der Waals surface area (Å²) in [6.07, 6.45) is 0.776. The molecule has 2 rings (SSSR count). The van der Waals surface area contributed by atoms with Crippen molar-refractivity contribution in [2.24, 2.45) is 7.05 Å². The average Bonchev–Trinajstić information content (AvgIpc) is 2.87. The Kier molecular flexibility index (Phi) is 4.57. The summed E-state index contributed by atoms with van der Waals surface area (Å²) >= 11 is 0. The largest absolute Gasteiger partial charge is 0.479 e. The molecule has 1 amide bonds. The molecular weight excluding hydrogens is 268 g/mol. The predicted molar refractivity (Wildman–Crippen MR) is 78.1 cm³/mol. The van der Waals surface area contributed by atoms with Crippen LogP contribution in [0.5, 0.6) is 5.75 Å². The molecule has 108 valence electrons. The zero-order chi connectivity index (χ0) is 15.2. The van der Waals surface area contributed by atoms with Crippen molar-refractivity contribution in [3.63, 3.8) is 0 Å². The molecule has 0 aliphatic carbocycles. The Morgan fingerprint density at radius 3 is 2.95 bits per heavy atom. The molecule has 1 N–H and O–H groups in total. The smallest absolute Gasteiger partial charge is 0.273 e. The van der Waals surface area contributed by atoms with E-state index in [2.05, 4.69) is 10.4 Å². The van der Waals surface area contributed by atoms with Gasteiger partial charge in [0.1, 0.15) is 17.5 Å². The first-order valence-corrected chi connectivity index (χ1v) is 6.58. The molecule has 6 heteroatoms. The molecule has 0 aliphatic heterocycles. The van der Waals surface area contributed by atoms with Crippen molar-refractivity contribution < 1.29 is 9.53 Å². The van der Waals surface area contributed by atoms with E-state index in [0.717, 1.165) is 12.1 Å². The first kappa shape index (κ1) is 14.6. The number of carbonyl (C=O) groups excluding carboxylic acids is 1. The summed E-state index contributed by atoms with van der Waals surface area (Å²) in [5.41, 5.74) is 1.97. The predicted octanol–water partition coefficient (Wildman–Crippen LogP) is 2.14. The number of hydrogen-bond donors (Lipinski definition) is 1. The Hall–Kier alpha value is -2.81. The number of carbonyl (C=O) groups is 1. The lowest BCUT2D eigenvalue weighted by Gasteiger charge is -2.07. The van der Waals surface area contributed by atoms with E-state index >= 15 is 0 Å². The summed E-state index contributed by atoms with van der Waals surface area (Å²) in [7, 11) is 1.74. The van der Waals surface area contributed by atoms with Crippen LogP contribution in [0.4, 0.5) is 5.69 Å².